The van der Waals surface area contributed by atoms with Crippen molar-refractivity contribution in [3.8, 4) is 11.5 Å². The lowest BCUT2D eigenvalue weighted by Crippen LogP contribution is -2.50. The van der Waals surface area contributed by atoms with Crippen molar-refractivity contribution in [1.29, 1.82) is 0 Å². The molecule has 1 aromatic heterocycles. The Bertz CT molecular complexity index is 1340. The maximum absolute atomic E-state index is 15.1. The van der Waals surface area contributed by atoms with Gasteiger partial charge in [0.25, 0.3) is 5.91 Å². The van der Waals surface area contributed by atoms with E-state index >= 15 is 4.39 Å². The molecule has 1 aliphatic heterocycles. The van der Waals surface area contributed by atoms with Crippen molar-refractivity contribution >= 4 is 35.6 Å². The van der Waals surface area contributed by atoms with Crippen LogP contribution in [0.15, 0.2) is 47.2 Å². The molecule has 0 unspecified atom stereocenters. The number of anilines is 1. The van der Waals surface area contributed by atoms with Crippen molar-refractivity contribution in [1.82, 2.24) is 9.88 Å². The number of amides is 1. The lowest BCUT2D eigenvalue weighted by Gasteiger charge is -2.43. The minimum Gasteiger partial charge on any atom is -0.445 e. The predicted molar refractivity (Wildman–Crippen MR) is 140 cm³/mol. The fourth-order valence-electron chi connectivity index (χ4n) is 5.75. The predicted octanol–water partition coefficient (Wildman–Crippen LogP) is 6.28. The minimum atomic E-state index is -5.00. The summed E-state index contributed by atoms with van der Waals surface area (Å²) >= 11 is 6.21. The molecule has 2 aliphatic rings. The molecule has 5 rings (SSSR count). The fourth-order valence-corrected chi connectivity index (χ4v) is 6.05. The number of aromatic nitrogens is 1. The van der Waals surface area contributed by atoms with E-state index in [4.69, 9.17) is 16.0 Å². The van der Waals surface area contributed by atoms with E-state index in [2.05, 4.69) is 23.7 Å². The second-order valence-electron chi connectivity index (χ2n) is 9.69. The molecule has 12 heteroatoms. The van der Waals surface area contributed by atoms with Gasteiger partial charge >= 0.3 is 6.18 Å². The molecule has 1 N–H and O–H groups in total. The highest BCUT2D eigenvalue weighted by atomic mass is 35.5. The smallest absolute Gasteiger partial charge is 0.416 e. The monoisotopic (exact) mass is 587 g/mol. The normalized spacial score (nSPS) is 22.6. The van der Waals surface area contributed by atoms with Crippen molar-refractivity contribution < 1.29 is 31.9 Å². The van der Waals surface area contributed by atoms with Crippen molar-refractivity contribution in [3.05, 3.63) is 70.3 Å². The van der Waals surface area contributed by atoms with Gasteiger partial charge in [0.05, 0.1) is 28.0 Å². The Hall–Kier alpha value is -2.66. The molecule has 39 heavy (non-hydrogen) atoms. The van der Waals surface area contributed by atoms with Gasteiger partial charge in [-0.3, -0.25) is 4.79 Å². The molecule has 0 radical (unpaired) electrons. The maximum atomic E-state index is 15.1. The first-order valence-electron chi connectivity index (χ1n) is 12.4. The number of carbonyl (C=O) groups is 1. The van der Waals surface area contributed by atoms with Crippen molar-refractivity contribution in [3.63, 3.8) is 0 Å². The van der Waals surface area contributed by atoms with E-state index in [0.717, 1.165) is 43.0 Å². The first-order chi connectivity index (χ1) is 18.0. The highest BCUT2D eigenvalue weighted by Gasteiger charge is 2.58. The molecular formula is C27H27Cl2F4N3O3. The molecular weight excluding hydrogens is 561 g/mol. The number of hydrogen-bond acceptors (Lipinski definition) is 5. The van der Waals surface area contributed by atoms with Crippen molar-refractivity contribution in [2.45, 2.75) is 44.5 Å². The Balaban J connectivity index is 0.00000353. The maximum Gasteiger partial charge on any atom is 0.416 e. The van der Waals surface area contributed by atoms with Crippen LogP contribution in [0, 0.1) is 11.7 Å². The number of hydrogen-bond donors (Lipinski definition) is 1. The number of benzene rings is 2. The van der Waals surface area contributed by atoms with Gasteiger partial charge in [0.2, 0.25) is 11.5 Å². The average molecular weight is 588 g/mol. The van der Waals surface area contributed by atoms with E-state index in [1.165, 1.54) is 30.7 Å². The van der Waals surface area contributed by atoms with Crippen molar-refractivity contribution in [2.24, 2.45) is 5.92 Å². The summed E-state index contributed by atoms with van der Waals surface area (Å²) in [6.45, 7) is 5.89. The number of nitrogens with zero attached hydrogens (tertiary/aromatic N) is 3. The molecule has 1 aliphatic carbocycles. The number of rotatable bonds is 7. The number of fused-ring (bicyclic) bond motifs is 1. The van der Waals surface area contributed by atoms with E-state index in [9.17, 15) is 23.1 Å². The summed E-state index contributed by atoms with van der Waals surface area (Å²) in [6.07, 6.45) is -1.01. The van der Waals surface area contributed by atoms with Crippen LogP contribution in [0.3, 0.4) is 0 Å². The van der Waals surface area contributed by atoms with Crippen LogP contribution in [0.25, 0.3) is 11.5 Å². The molecule has 210 valence electrons. The van der Waals surface area contributed by atoms with Gasteiger partial charge < -0.3 is 19.3 Å². The zero-order valence-electron chi connectivity index (χ0n) is 21.1. The third-order valence-corrected chi connectivity index (χ3v) is 7.93. The molecule has 3 aromatic rings. The second kappa shape index (κ2) is 10.7. The zero-order chi connectivity index (χ0) is 27.4. The van der Waals surface area contributed by atoms with Crippen molar-refractivity contribution in [2.75, 3.05) is 24.5 Å². The molecule has 0 bridgehead atoms. The summed E-state index contributed by atoms with van der Waals surface area (Å²) in [4.78, 5) is 21.3. The van der Waals surface area contributed by atoms with Crippen LogP contribution in [0.1, 0.15) is 43.4 Å². The summed E-state index contributed by atoms with van der Waals surface area (Å²) in [7, 11) is 0. The van der Waals surface area contributed by atoms with Crippen LogP contribution in [0.4, 0.5) is 23.2 Å². The number of aliphatic hydroxyl groups is 1. The van der Waals surface area contributed by atoms with Crippen LogP contribution in [0.5, 0.6) is 0 Å². The number of halogens is 6. The van der Waals surface area contributed by atoms with E-state index in [-0.39, 0.29) is 47.0 Å². The lowest BCUT2D eigenvalue weighted by atomic mass is 9.78. The van der Waals surface area contributed by atoms with Gasteiger partial charge in [0, 0.05) is 23.7 Å². The fraction of sp³-hybridized carbons (Fsp3) is 0.407. The van der Waals surface area contributed by atoms with Gasteiger partial charge in [-0.05, 0) is 56.1 Å². The van der Waals surface area contributed by atoms with Gasteiger partial charge in [0.15, 0.2) is 0 Å². The molecule has 1 atom stereocenters. The molecule has 0 saturated heterocycles. The molecule has 1 amide bonds. The molecule has 1 saturated carbocycles. The summed E-state index contributed by atoms with van der Waals surface area (Å²) in [5, 5.41) is 11.5. The van der Waals surface area contributed by atoms with Crippen LogP contribution in [0.2, 0.25) is 5.02 Å². The molecule has 2 heterocycles. The Morgan fingerprint density at radius 3 is 2.46 bits per heavy atom. The topological polar surface area (TPSA) is 69.8 Å². The van der Waals surface area contributed by atoms with Gasteiger partial charge in [0.1, 0.15) is 12.1 Å². The Morgan fingerprint density at radius 2 is 1.90 bits per heavy atom. The van der Waals surface area contributed by atoms with Crippen LogP contribution in [-0.4, -0.2) is 46.6 Å². The Morgan fingerprint density at radius 1 is 1.21 bits per heavy atom. The molecule has 2 aromatic carbocycles. The second-order valence-corrected chi connectivity index (χ2v) is 10.1. The molecule has 1 fully saturated rings. The van der Waals surface area contributed by atoms with Gasteiger partial charge in [-0.1, -0.05) is 31.5 Å². The average Bonchev–Trinajstić information content (AvgIpc) is 3.44. The van der Waals surface area contributed by atoms with E-state index in [1.54, 1.807) is 0 Å². The number of alkyl halides is 3. The largest absolute Gasteiger partial charge is 0.445 e. The first kappa shape index (κ1) is 29.3. The summed E-state index contributed by atoms with van der Waals surface area (Å²) in [5.74, 6) is -2.27. The first-order valence-corrected chi connectivity index (χ1v) is 12.8. The summed E-state index contributed by atoms with van der Waals surface area (Å²) in [6, 6.07) is 5.80. The van der Waals surface area contributed by atoms with Gasteiger partial charge in [-0.15, -0.1) is 12.4 Å². The van der Waals surface area contributed by atoms with Crippen LogP contribution in [-0.2, 0) is 16.6 Å². The van der Waals surface area contributed by atoms with Gasteiger partial charge in [-0.2, -0.15) is 13.2 Å². The van der Waals surface area contributed by atoms with Crippen LogP contribution >= 0.6 is 24.0 Å². The zero-order valence-corrected chi connectivity index (χ0v) is 22.7. The highest BCUT2D eigenvalue weighted by Crippen LogP contribution is 2.53. The van der Waals surface area contributed by atoms with E-state index in [0.29, 0.717) is 6.04 Å². The SMILES string of the molecule is CCN(CC)[C@H]1C[C@H](CN2C(=O)[C@](O)(c3c(F)cccc3Cl)c3c2cc(-c2ncco2)cc3C(F)(F)F)C1.Cl. The summed E-state index contributed by atoms with van der Waals surface area (Å²) in [5.41, 5.74) is -5.95. The van der Waals surface area contributed by atoms with E-state index < -0.39 is 40.2 Å². The van der Waals surface area contributed by atoms with E-state index in [1.807, 2.05) is 0 Å². The Kier molecular flexibility index (Phi) is 8.06. The summed E-state index contributed by atoms with van der Waals surface area (Å²) < 4.78 is 63.9. The Labute approximate surface area is 234 Å². The molecule has 6 nitrogen and oxygen atoms in total. The number of oxazole rings is 1. The third kappa shape index (κ3) is 4.81. The third-order valence-electron chi connectivity index (χ3n) is 7.61. The standard InChI is InChI=1S/C27H26ClF4N3O3.ClH/c1-3-34(4-2)17-10-15(11-17)14-35-21-13-16(24-33-8-9-38-24)12-18(27(30,31)32)22(21)26(37,25(35)36)23-19(28)6-5-7-20(23)29;/h5-9,12-13,15,17,37H,3-4,10-11,14H2,1-2H3;1H/t15-,17-,26-;/m1./s1. The number of carbonyl (C=O) groups excluding carboxylic acids is 1. The molecule has 0 spiro atoms. The highest BCUT2D eigenvalue weighted by molar-refractivity contribution is 6.32. The van der Waals surface area contributed by atoms with Crippen LogP contribution < -0.4 is 4.90 Å². The minimum absolute atomic E-state index is 0. The lowest BCUT2D eigenvalue weighted by molar-refractivity contribution is -0.142. The van der Waals surface area contributed by atoms with Gasteiger partial charge in [-0.25, -0.2) is 9.37 Å². The quantitative estimate of drug-likeness (QED) is 0.330.